The van der Waals surface area contributed by atoms with E-state index in [-0.39, 0.29) is 5.75 Å². The summed E-state index contributed by atoms with van der Waals surface area (Å²) in [6.45, 7) is 5.19. The molecule has 0 bridgehead atoms. The average Bonchev–Trinajstić information content (AvgIpc) is 2.80. The fourth-order valence-corrected chi connectivity index (χ4v) is 2.91. The molecule has 1 aromatic carbocycles. The molecule has 0 aliphatic rings. The molecule has 22 heavy (non-hydrogen) atoms. The number of nitrogens with zero attached hydrogens (tertiary/aromatic N) is 2. The van der Waals surface area contributed by atoms with Crippen molar-refractivity contribution in [1.82, 2.24) is 14.9 Å². The molecule has 0 aliphatic carbocycles. The van der Waals surface area contributed by atoms with Crippen LogP contribution in [0.4, 0.5) is 4.79 Å². The number of nitrogens with two attached hydrogens (primary N) is 1. The fourth-order valence-electron chi connectivity index (χ4n) is 2.07. The molecule has 0 unspecified atom stereocenters. The van der Waals surface area contributed by atoms with E-state index >= 15 is 0 Å². The molecular formula is C15H20N4O2S. The van der Waals surface area contributed by atoms with Gasteiger partial charge in [0.2, 0.25) is 5.91 Å². The van der Waals surface area contributed by atoms with Gasteiger partial charge in [-0.25, -0.2) is 9.78 Å². The Kier molecular flexibility index (Phi) is 5.43. The van der Waals surface area contributed by atoms with E-state index in [9.17, 15) is 9.59 Å². The second-order valence-corrected chi connectivity index (χ2v) is 6.36. The Hall–Kier alpha value is -2.02. The number of para-hydroxylation sites is 2. The highest BCUT2D eigenvalue weighted by Gasteiger charge is 2.13. The maximum atomic E-state index is 11.5. The van der Waals surface area contributed by atoms with Crippen LogP contribution in [-0.2, 0) is 11.3 Å². The molecule has 0 aliphatic heterocycles. The SMILES string of the molecule is CC(C)CCn1c(SCC(=O)NC(N)=O)nc2ccccc21. The first-order valence-electron chi connectivity index (χ1n) is 7.14. The molecule has 0 atom stereocenters. The summed E-state index contributed by atoms with van der Waals surface area (Å²) in [5.74, 6) is 0.269. The molecule has 0 fully saturated rings. The summed E-state index contributed by atoms with van der Waals surface area (Å²) in [5.41, 5.74) is 6.90. The summed E-state index contributed by atoms with van der Waals surface area (Å²) in [4.78, 5) is 26.8. The summed E-state index contributed by atoms with van der Waals surface area (Å²) in [7, 11) is 0. The zero-order valence-corrected chi connectivity index (χ0v) is 13.5. The maximum Gasteiger partial charge on any atom is 0.318 e. The van der Waals surface area contributed by atoms with Gasteiger partial charge >= 0.3 is 6.03 Å². The molecule has 0 saturated heterocycles. The lowest BCUT2D eigenvalue weighted by atomic mass is 10.1. The fraction of sp³-hybridized carbons (Fsp3) is 0.400. The van der Waals surface area contributed by atoms with E-state index in [4.69, 9.17) is 5.73 Å². The summed E-state index contributed by atoms with van der Waals surface area (Å²) in [6, 6.07) is 7.06. The van der Waals surface area contributed by atoms with Gasteiger partial charge in [-0.1, -0.05) is 37.7 Å². The third-order valence-corrected chi connectivity index (χ3v) is 4.12. The summed E-state index contributed by atoms with van der Waals surface area (Å²) in [5, 5.41) is 2.84. The molecule has 6 nitrogen and oxygen atoms in total. The summed E-state index contributed by atoms with van der Waals surface area (Å²) in [6.07, 6.45) is 1.03. The molecule has 3 amide bonds. The van der Waals surface area contributed by atoms with Crippen LogP contribution in [0.5, 0.6) is 0 Å². The van der Waals surface area contributed by atoms with Gasteiger partial charge in [-0.05, 0) is 24.5 Å². The second kappa shape index (κ2) is 7.31. The minimum absolute atomic E-state index is 0.105. The number of nitrogens with one attached hydrogen (secondary N) is 1. The van der Waals surface area contributed by atoms with Gasteiger partial charge in [-0.2, -0.15) is 0 Å². The van der Waals surface area contributed by atoms with Crippen LogP contribution in [0.3, 0.4) is 0 Å². The number of fused-ring (bicyclic) bond motifs is 1. The number of urea groups is 1. The molecule has 7 heteroatoms. The lowest BCUT2D eigenvalue weighted by molar-refractivity contribution is -0.117. The first-order chi connectivity index (χ1) is 10.5. The van der Waals surface area contributed by atoms with Gasteiger partial charge in [0.25, 0.3) is 0 Å². The number of hydrogen-bond acceptors (Lipinski definition) is 4. The topological polar surface area (TPSA) is 90.0 Å². The molecule has 118 valence electrons. The number of thioether (sulfide) groups is 1. The number of aryl methyl sites for hydroxylation is 1. The van der Waals surface area contributed by atoms with Crippen LogP contribution in [0.1, 0.15) is 20.3 Å². The van der Waals surface area contributed by atoms with Gasteiger partial charge in [0.15, 0.2) is 5.16 Å². The minimum atomic E-state index is -0.834. The Morgan fingerprint density at radius 2 is 2.09 bits per heavy atom. The lowest BCUT2D eigenvalue weighted by Crippen LogP contribution is -2.36. The Morgan fingerprint density at radius 1 is 1.36 bits per heavy atom. The Bertz CT molecular complexity index is 681. The maximum absolute atomic E-state index is 11.5. The van der Waals surface area contributed by atoms with Crippen LogP contribution in [0, 0.1) is 5.92 Å². The number of amides is 3. The third-order valence-electron chi connectivity index (χ3n) is 3.14. The number of benzene rings is 1. The van der Waals surface area contributed by atoms with E-state index in [1.807, 2.05) is 24.3 Å². The van der Waals surface area contributed by atoms with Gasteiger partial charge < -0.3 is 10.3 Å². The number of hydrogen-bond donors (Lipinski definition) is 2. The predicted octanol–water partition coefficient (Wildman–Crippen LogP) is 2.37. The zero-order valence-electron chi connectivity index (χ0n) is 12.7. The Morgan fingerprint density at radius 3 is 2.77 bits per heavy atom. The molecule has 2 aromatic rings. The van der Waals surface area contributed by atoms with Crippen molar-refractivity contribution >= 4 is 34.7 Å². The zero-order chi connectivity index (χ0) is 16.1. The van der Waals surface area contributed by atoms with E-state index in [0.29, 0.717) is 5.92 Å². The number of carbonyl (C=O) groups is 2. The van der Waals surface area contributed by atoms with E-state index in [2.05, 4.69) is 28.7 Å². The number of rotatable bonds is 6. The second-order valence-electron chi connectivity index (χ2n) is 5.42. The first kappa shape index (κ1) is 16.4. The Balaban J connectivity index is 2.18. The van der Waals surface area contributed by atoms with Crippen molar-refractivity contribution in [2.45, 2.75) is 32.0 Å². The molecule has 1 aromatic heterocycles. The number of primary amides is 1. The van der Waals surface area contributed by atoms with Crippen LogP contribution < -0.4 is 11.1 Å². The summed E-state index contributed by atoms with van der Waals surface area (Å²) < 4.78 is 2.12. The smallest absolute Gasteiger partial charge is 0.318 e. The van der Waals surface area contributed by atoms with Crippen molar-refractivity contribution < 1.29 is 9.59 Å². The van der Waals surface area contributed by atoms with Crippen molar-refractivity contribution in [2.24, 2.45) is 11.7 Å². The Labute approximate surface area is 133 Å². The largest absolute Gasteiger partial charge is 0.351 e. The molecule has 0 saturated carbocycles. The molecular weight excluding hydrogens is 300 g/mol. The van der Waals surface area contributed by atoms with E-state index in [0.717, 1.165) is 29.2 Å². The van der Waals surface area contributed by atoms with E-state index in [1.165, 1.54) is 11.8 Å². The van der Waals surface area contributed by atoms with Crippen molar-refractivity contribution in [3.05, 3.63) is 24.3 Å². The van der Waals surface area contributed by atoms with Gasteiger partial charge in [-0.15, -0.1) is 0 Å². The van der Waals surface area contributed by atoms with Crippen LogP contribution in [-0.4, -0.2) is 27.2 Å². The van der Waals surface area contributed by atoms with Gasteiger partial charge in [0.05, 0.1) is 16.8 Å². The van der Waals surface area contributed by atoms with Crippen LogP contribution in [0.15, 0.2) is 29.4 Å². The van der Waals surface area contributed by atoms with Crippen molar-refractivity contribution in [2.75, 3.05) is 5.75 Å². The number of imidazole rings is 1. The van der Waals surface area contributed by atoms with E-state index in [1.54, 1.807) is 0 Å². The standard InChI is InChI=1S/C15H20N4O2S/c1-10(2)7-8-19-12-6-4-3-5-11(12)17-15(19)22-9-13(20)18-14(16)21/h3-6,10H,7-9H2,1-2H3,(H3,16,18,20,21). The van der Waals surface area contributed by atoms with Crippen LogP contribution >= 0.6 is 11.8 Å². The molecule has 0 radical (unpaired) electrons. The van der Waals surface area contributed by atoms with Crippen LogP contribution in [0.2, 0.25) is 0 Å². The number of carbonyl (C=O) groups excluding carboxylic acids is 2. The molecule has 3 N–H and O–H groups in total. The average molecular weight is 320 g/mol. The third kappa shape index (κ3) is 4.24. The monoisotopic (exact) mass is 320 g/mol. The predicted molar refractivity (Wildman–Crippen MR) is 87.6 cm³/mol. The molecule has 0 spiro atoms. The molecule has 1 heterocycles. The van der Waals surface area contributed by atoms with Gasteiger partial charge in [-0.3, -0.25) is 10.1 Å². The van der Waals surface area contributed by atoms with Crippen molar-refractivity contribution in [3.8, 4) is 0 Å². The minimum Gasteiger partial charge on any atom is -0.351 e. The molecule has 2 rings (SSSR count). The quantitative estimate of drug-likeness (QED) is 0.800. The highest BCUT2D eigenvalue weighted by Crippen LogP contribution is 2.25. The van der Waals surface area contributed by atoms with Crippen molar-refractivity contribution in [3.63, 3.8) is 0 Å². The number of aromatic nitrogens is 2. The van der Waals surface area contributed by atoms with Crippen molar-refractivity contribution in [1.29, 1.82) is 0 Å². The highest BCUT2D eigenvalue weighted by atomic mass is 32.2. The lowest BCUT2D eigenvalue weighted by Gasteiger charge is -2.10. The summed E-state index contributed by atoms with van der Waals surface area (Å²) >= 11 is 1.31. The number of imide groups is 1. The highest BCUT2D eigenvalue weighted by molar-refractivity contribution is 7.99. The first-order valence-corrected chi connectivity index (χ1v) is 8.13. The normalized spacial score (nSPS) is 11.0. The van der Waals surface area contributed by atoms with Gasteiger partial charge in [0, 0.05) is 6.54 Å². The van der Waals surface area contributed by atoms with Crippen LogP contribution in [0.25, 0.3) is 11.0 Å². The van der Waals surface area contributed by atoms with Gasteiger partial charge in [0.1, 0.15) is 0 Å². The van der Waals surface area contributed by atoms with E-state index < -0.39 is 11.9 Å².